The Hall–Kier alpha value is -5.70. The first-order valence-corrected chi connectivity index (χ1v) is 19.7. The van der Waals surface area contributed by atoms with Crippen LogP contribution in [0.2, 0.25) is 0 Å². The number of H-pyrrole nitrogens is 1. The SMILES string of the molecule is CCn1nc(COc2cccc([C@H](c3ccccc3)N(C(=O)O)C3CN4CCC3CC4)c2)cc1C(=O)N(C)CCCNCC(O)c1ccc(O)c2[nH]c(=O)ccc12. The summed E-state index contributed by atoms with van der Waals surface area (Å²) in [6, 6.07) is 24.6. The molecule has 2 bridgehead atoms. The van der Waals surface area contributed by atoms with Crippen LogP contribution in [0.3, 0.4) is 0 Å². The molecular weight excluding hydrogens is 727 g/mol. The van der Waals surface area contributed by atoms with Gasteiger partial charge >= 0.3 is 6.09 Å². The zero-order chi connectivity index (χ0) is 40.1. The summed E-state index contributed by atoms with van der Waals surface area (Å²) in [6.45, 7) is 6.57. The zero-order valence-corrected chi connectivity index (χ0v) is 32.4. The van der Waals surface area contributed by atoms with E-state index in [-0.39, 0.29) is 41.9 Å². The van der Waals surface area contributed by atoms with E-state index in [0.29, 0.717) is 60.1 Å². The molecule has 14 nitrogen and oxygen atoms in total. The minimum Gasteiger partial charge on any atom is -0.506 e. The van der Waals surface area contributed by atoms with Crippen molar-refractivity contribution in [1.82, 2.24) is 34.8 Å². The van der Waals surface area contributed by atoms with E-state index in [1.165, 1.54) is 12.1 Å². The molecule has 3 aliphatic rings. The summed E-state index contributed by atoms with van der Waals surface area (Å²) in [5.41, 5.74) is 3.30. The molecule has 5 heterocycles. The van der Waals surface area contributed by atoms with Gasteiger partial charge in [-0.2, -0.15) is 5.10 Å². The Morgan fingerprint density at radius 2 is 1.79 bits per heavy atom. The van der Waals surface area contributed by atoms with Crippen LogP contribution in [0.25, 0.3) is 10.9 Å². The van der Waals surface area contributed by atoms with Crippen LogP contribution in [0.15, 0.2) is 89.7 Å². The predicted molar refractivity (Wildman–Crippen MR) is 215 cm³/mol. The highest BCUT2D eigenvalue weighted by atomic mass is 16.5. The highest BCUT2D eigenvalue weighted by molar-refractivity contribution is 5.92. The lowest BCUT2D eigenvalue weighted by Gasteiger charge is -2.50. The fourth-order valence-electron chi connectivity index (χ4n) is 8.36. The summed E-state index contributed by atoms with van der Waals surface area (Å²) >= 11 is 0. The van der Waals surface area contributed by atoms with Gasteiger partial charge in [-0.15, -0.1) is 0 Å². The third kappa shape index (κ3) is 8.83. The molecule has 0 aliphatic carbocycles. The largest absolute Gasteiger partial charge is 0.506 e. The molecule has 57 heavy (non-hydrogen) atoms. The number of phenolic OH excluding ortho intramolecular Hbond substituents is 1. The van der Waals surface area contributed by atoms with Crippen molar-refractivity contribution >= 4 is 22.9 Å². The molecular formula is C43H51N7O7. The number of phenols is 1. The number of aryl methyl sites for hydroxylation is 1. The van der Waals surface area contributed by atoms with Crippen LogP contribution in [-0.2, 0) is 13.2 Å². The van der Waals surface area contributed by atoms with E-state index >= 15 is 0 Å². The molecule has 2 aromatic heterocycles. The molecule has 14 heteroatoms. The number of aromatic hydroxyl groups is 1. The number of aromatic nitrogens is 3. The number of piperidine rings is 3. The molecule has 3 aromatic carbocycles. The Labute approximate surface area is 331 Å². The van der Waals surface area contributed by atoms with Crippen LogP contribution < -0.4 is 15.6 Å². The Morgan fingerprint density at radius 3 is 2.51 bits per heavy atom. The van der Waals surface area contributed by atoms with Gasteiger partial charge < -0.3 is 40.2 Å². The number of nitrogens with zero attached hydrogens (tertiary/aromatic N) is 5. The van der Waals surface area contributed by atoms with Gasteiger partial charge in [0.2, 0.25) is 5.56 Å². The number of aromatic amines is 1. The van der Waals surface area contributed by atoms with Gasteiger partial charge in [0.05, 0.1) is 23.7 Å². The van der Waals surface area contributed by atoms with Gasteiger partial charge in [-0.1, -0.05) is 48.5 Å². The van der Waals surface area contributed by atoms with Gasteiger partial charge in [0.15, 0.2) is 0 Å². The van der Waals surface area contributed by atoms with E-state index < -0.39 is 18.2 Å². The number of fused-ring (bicyclic) bond motifs is 4. The second-order valence-electron chi connectivity index (χ2n) is 15.0. The third-order valence-electron chi connectivity index (χ3n) is 11.3. The highest BCUT2D eigenvalue weighted by Crippen LogP contribution is 2.39. The number of pyridine rings is 1. The van der Waals surface area contributed by atoms with Gasteiger partial charge in [-0.3, -0.25) is 19.2 Å². The third-order valence-corrected chi connectivity index (χ3v) is 11.3. The first-order valence-electron chi connectivity index (χ1n) is 19.7. The maximum Gasteiger partial charge on any atom is 0.408 e. The Morgan fingerprint density at radius 1 is 1.02 bits per heavy atom. The molecule has 0 saturated carbocycles. The molecule has 3 atom stereocenters. The van der Waals surface area contributed by atoms with Crippen molar-refractivity contribution in [3.05, 3.63) is 123 Å². The monoisotopic (exact) mass is 777 g/mol. The van der Waals surface area contributed by atoms with Crippen molar-refractivity contribution < 1.29 is 29.6 Å². The average Bonchev–Trinajstić information content (AvgIpc) is 3.65. The van der Waals surface area contributed by atoms with Crippen molar-refractivity contribution in [2.75, 3.05) is 46.3 Å². The number of carbonyl (C=O) groups is 2. The summed E-state index contributed by atoms with van der Waals surface area (Å²) in [5, 5.41) is 40.1. The number of hydrogen-bond donors (Lipinski definition) is 5. The fraction of sp³-hybridized carbons (Fsp3) is 0.395. The van der Waals surface area contributed by atoms with Crippen molar-refractivity contribution in [3.8, 4) is 11.5 Å². The highest BCUT2D eigenvalue weighted by Gasteiger charge is 2.43. The number of ether oxygens (including phenoxy) is 1. The van der Waals surface area contributed by atoms with Crippen molar-refractivity contribution in [2.24, 2.45) is 5.92 Å². The van der Waals surface area contributed by atoms with Crippen LogP contribution in [0.4, 0.5) is 4.79 Å². The van der Waals surface area contributed by atoms with Crippen molar-refractivity contribution in [3.63, 3.8) is 0 Å². The fourth-order valence-corrected chi connectivity index (χ4v) is 8.36. The van der Waals surface area contributed by atoms with Crippen LogP contribution in [0.5, 0.6) is 11.5 Å². The zero-order valence-electron chi connectivity index (χ0n) is 32.4. The maximum atomic E-state index is 13.6. The van der Waals surface area contributed by atoms with Gasteiger partial charge in [0.25, 0.3) is 5.91 Å². The van der Waals surface area contributed by atoms with E-state index in [1.807, 2.05) is 61.5 Å². The van der Waals surface area contributed by atoms with Crippen LogP contribution in [0, 0.1) is 5.92 Å². The number of amides is 2. The molecule has 2 unspecified atom stereocenters. The van der Waals surface area contributed by atoms with E-state index in [2.05, 4.69) is 20.3 Å². The van der Waals surface area contributed by atoms with E-state index in [9.17, 15) is 29.7 Å². The number of carboxylic acid groups (broad SMARTS) is 1. The molecule has 5 N–H and O–H groups in total. The molecule has 3 aliphatic heterocycles. The Bertz CT molecular complexity index is 2230. The summed E-state index contributed by atoms with van der Waals surface area (Å²) in [4.78, 5) is 46.6. The predicted octanol–water partition coefficient (Wildman–Crippen LogP) is 4.98. The molecule has 5 aromatic rings. The normalized spacial score (nSPS) is 18.6. The lowest BCUT2D eigenvalue weighted by atomic mass is 9.81. The van der Waals surface area contributed by atoms with Gasteiger partial charge in [0, 0.05) is 44.7 Å². The second kappa shape index (κ2) is 17.6. The van der Waals surface area contributed by atoms with Gasteiger partial charge in [-0.25, -0.2) is 4.79 Å². The quantitative estimate of drug-likeness (QED) is 0.0860. The van der Waals surface area contributed by atoms with Crippen LogP contribution in [0.1, 0.15) is 71.2 Å². The van der Waals surface area contributed by atoms with Crippen molar-refractivity contribution in [1.29, 1.82) is 0 Å². The smallest absolute Gasteiger partial charge is 0.408 e. The maximum absolute atomic E-state index is 13.6. The minimum atomic E-state index is -0.934. The topological polar surface area (TPSA) is 176 Å². The standard InChI is InChI=1S/C43H51N7O7/c1-3-49-35(42(54)47(2)20-8-19-44-25-38(52)33-13-15-37(51)40-34(33)14-16-39(53)45-40)24-31(46-49)27-57-32-12-7-11-30(23-32)41(29-9-5-4-6-10-29)50(43(55)56)36-26-48-21-17-28(36)18-22-48/h4-7,9-16,23-24,28,36,38,41,44,51-52H,3,8,17-22,25-27H2,1-2H3,(H,45,53)(H,55,56)/t36?,38?,41-/m0/s1. The summed E-state index contributed by atoms with van der Waals surface area (Å²) < 4.78 is 7.92. The summed E-state index contributed by atoms with van der Waals surface area (Å²) in [5.74, 6) is 0.669. The molecule has 3 saturated heterocycles. The average molecular weight is 778 g/mol. The molecule has 300 valence electrons. The Balaban J connectivity index is 0.964. The van der Waals surface area contributed by atoms with E-state index in [1.54, 1.807) is 39.7 Å². The molecule has 3 fully saturated rings. The number of rotatable bonds is 16. The number of carbonyl (C=O) groups excluding carboxylic acids is 1. The van der Waals surface area contributed by atoms with E-state index in [4.69, 9.17) is 4.74 Å². The Kier molecular flexibility index (Phi) is 12.2. The second-order valence-corrected chi connectivity index (χ2v) is 15.0. The summed E-state index contributed by atoms with van der Waals surface area (Å²) in [7, 11) is 1.74. The minimum absolute atomic E-state index is 0.0635. The molecule has 0 radical (unpaired) electrons. The van der Waals surface area contributed by atoms with Gasteiger partial charge in [0.1, 0.15) is 29.5 Å². The first kappa shape index (κ1) is 39.5. The number of nitrogens with one attached hydrogen (secondary N) is 2. The lowest BCUT2D eigenvalue weighted by molar-refractivity contribution is -0.000814. The first-order chi connectivity index (χ1) is 27.6. The number of benzene rings is 3. The van der Waals surface area contributed by atoms with Crippen LogP contribution in [-0.4, -0.2) is 109 Å². The molecule has 2 amide bonds. The number of aliphatic hydroxyl groups excluding tert-OH is 1. The van der Waals surface area contributed by atoms with Crippen molar-refractivity contribution in [2.45, 2.75) is 57.5 Å². The molecule has 8 rings (SSSR count). The number of aliphatic hydroxyl groups is 1. The number of hydrogen-bond acceptors (Lipinski definition) is 9. The molecule has 0 spiro atoms. The van der Waals surface area contributed by atoms with Crippen LogP contribution >= 0.6 is 0 Å². The summed E-state index contributed by atoms with van der Waals surface area (Å²) in [6.07, 6.45) is 0.822. The van der Waals surface area contributed by atoms with Gasteiger partial charge in [-0.05, 0) is 98.8 Å². The van der Waals surface area contributed by atoms with E-state index in [0.717, 1.165) is 43.6 Å². The lowest BCUT2D eigenvalue weighted by Crippen LogP contribution is -2.59.